The maximum absolute atomic E-state index is 13.7. The summed E-state index contributed by atoms with van der Waals surface area (Å²) < 4.78 is 14.3. The summed E-state index contributed by atoms with van der Waals surface area (Å²) in [6.07, 6.45) is 2.05. The van der Waals surface area contributed by atoms with Gasteiger partial charge in [-0.2, -0.15) is 0 Å². The number of hydrogen-bond donors (Lipinski definition) is 0. The van der Waals surface area contributed by atoms with Gasteiger partial charge in [-0.3, -0.25) is 4.79 Å². The lowest BCUT2D eigenvalue weighted by molar-refractivity contribution is 0.0750. The molecule has 0 radical (unpaired) electrons. The summed E-state index contributed by atoms with van der Waals surface area (Å²) in [6.45, 7) is 0.624. The molecular formula is C12H12Br2FNO. The number of hydrogen-bond acceptors (Lipinski definition) is 1. The zero-order valence-corrected chi connectivity index (χ0v) is 12.3. The van der Waals surface area contributed by atoms with Gasteiger partial charge in [-0.15, -0.1) is 0 Å². The Balaban J connectivity index is 2.22. The predicted octanol–water partition coefficient (Wildman–Crippen LogP) is 3.59. The Hall–Kier alpha value is -0.420. The molecule has 1 aromatic carbocycles. The molecule has 5 heteroatoms. The van der Waals surface area contributed by atoms with Gasteiger partial charge in [0.25, 0.3) is 5.91 Å². The molecule has 92 valence electrons. The van der Waals surface area contributed by atoms with Crippen molar-refractivity contribution < 1.29 is 9.18 Å². The van der Waals surface area contributed by atoms with Crippen molar-refractivity contribution in [3.63, 3.8) is 0 Å². The highest BCUT2D eigenvalue weighted by Gasteiger charge is 2.33. The molecule has 0 bridgehead atoms. The molecule has 1 fully saturated rings. The lowest BCUT2D eigenvalue weighted by Crippen LogP contribution is -2.35. The van der Waals surface area contributed by atoms with E-state index in [9.17, 15) is 9.18 Å². The van der Waals surface area contributed by atoms with Crippen LogP contribution in [0.4, 0.5) is 4.39 Å². The van der Waals surface area contributed by atoms with Crippen LogP contribution in [0, 0.1) is 5.82 Å². The van der Waals surface area contributed by atoms with Gasteiger partial charge >= 0.3 is 0 Å². The second-order valence-corrected chi connectivity index (χ2v) is 5.75. The van der Waals surface area contributed by atoms with Crippen molar-refractivity contribution in [2.75, 3.05) is 11.9 Å². The molecule has 0 N–H and O–H groups in total. The van der Waals surface area contributed by atoms with Crippen LogP contribution in [0.2, 0.25) is 0 Å². The van der Waals surface area contributed by atoms with Gasteiger partial charge in [0.15, 0.2) is 0 Å². The molecule has 2 rings (SSSR count). The van der Waals surface area contributed by atoms with Crippen molar-refractivity contribution in [1.29, 1.82) is 0 Å². The van der Waals surface area contributed by atoms with E-state index in [0.29, 0.717) is 22.4 Å². The first-order valence-corrected chi connectivity index (χ1v) is 7.37. The van der Waals surface area contributed by atoms with E-state index in [1.54, 1.807) is 11.0 Å². The Morgan fingerprint density at radius 1 is 1.47 bits per heavy atom. The van der Waals surface area contributed by atoms with Gasteiger partial charge in [0.05, 0.1) is 5.56 Å². The standard InChI is InChI=1S/C12H12Br2FNO/c13-5-6-16(9-2-3-9)12(17)10-4-1-8(14)7-11(10)15/h1,4,7,9H,2-3,5-6H2. The second kappa shape index (κ2) is 5.48. The minimum absolute atomic E-state index is 0.154. The molecule has 17 heavy (non-hydrogen) atoms. The first-order valence-electron chi connectivity index (χ1n) is 5.45. The van der Waals surface area contributed by atoms with Crippen molar-refractivity contribution in [2.24, 2.45) is 0 Å². The Bertz CT molecular complexity index is 435. The van der Waals surface area contributed by atoms with Gasteiger partial charge in [0.1, 0.15) is 5.82 Å². The van der Waals surface area contributed by atoms with Gasteiger partial charge < -0.3 is 4.90 Å². The van der Waals surface area contributed by atoms with Gasteiger partial charge in [0.2, 0.25) is 0 Å². The number of halogens is 3. The molecule has 2 nitrogen and oxygen atoms in total. The largest absolute Gasteiger partial charge is 0.335 e. The highest BCUT2D eigenvalue weighted by molar-refractivity contribution is 9.10. The average Bonchev–Trinajstić information content (AvgIpc) is 3.09. The SMILES string of the molecule is O=C(c1ccc(Br)cc1F)N(CCBr)C1CC1. The Morgan fingerprint density at radius 2 is 2.18 bits per heavy atom. The van der Waals surface area contributed by atoms with Crippen molar-refractivity contribution in [1.82, 2.24) is 4.90 Å². The van der Waals surface area contributed by atoms with E-state index < -0.39 is 5.82 Å². The van der Waals surface area contributed by atoms with Crippen LogP contribution in [0.1, 0.15) is 23.2 Å². The van der Waals surface area contributed by atoms with Crippen LogP contribution >= 0.6 is 31.9 Å². The summed E-state index contributed by atoms with van der Waals surface area (Å²) in [4.78, 5) is 13.9. The first kappa shape index (κ1) is 13.0. The van der Waals surface area contributed by atoms with Crippen LogP contribution in [-0.4, -0.2) is 28.7 Å². The van der Waals surface area contributed by atoms with E-state index >= 15 is 0 Å². The molecule has 0 spiro atoms. The molecule has 1 amide bonds. The number of carbonyl (C=O) groups is 1. The van der Waals surface area contributed by atoms with Crippen LogP contribution in [-0.2, 0) is 0 Å². The maximum atomic E-state index is 13.7. The summed E-state index contributed by atoms with van der Waals surface area (Å²) in [6, 6.07) is 4.84. The fourth-order valence-corrected chi connectivity index (χ4v) is 2.46. The second-order valence-electron chi connectivity index (χ2n) is 4.04. The number of amides is 1. The summed E-state index contributed by atoms with van der Waals surface area (Å²) >= 11 is 6.50. The van der Waals surface area contributed by atoms with Gasteiger partial charge in [0, 0.05) is 22.4 Å². The van der Waals surface area contributed by atoms with Crippen molar-refractivity contribution in [3.05, 3.63) is 34.1 Å². The molecule has 0 saturated heterocycles. The summed E-state index contributed by atoms with van der Waals surface area (Å²) in [5.74, 6) is -0.679. The minimum Gasteiger partial charge on any atom is -0.335 e. The Morgan fingerprint density at radius 3 is 2.71 bits per heavy atom. The molecular weight excluding hydrogens is 353 g/mol. The fourth-order valence-electron chi connectivity index (χ4n) is 1.74. The molecule has 0 aromatic heterocycles. The highest BCUT2D eigenvalue weighted by atomic mass is 79.9. The number of carbonyl (C=O) groups excluding carboxylic acids is 1. The van der Waals surface area contributed by atoms with E-state index in [4.69, 9.17) is 0 Å². The molecule has 0 aliphatic heterocycles. The Labute approximate surface area is 116 Å². The van der Waals surface area contributed by atoms with E-state index in [1.807, 2.05) is 0 Å². The van der Waals surface area contributed by atoms with Crippen LogP contribution < -0.4 is 0 Å². The summed E-state index contributed by atoms with van der Waals surface area (Å²) in [5.41, 5.74) is 0.154. The quantitative estimate of drug-likeness (QED) is 0.747. The minimum atomic E-state index is -0.468. The molecule has 1 aliphatic carbocycles. The monoisotopic (exact) mass is 363 g/mol. The first-order chi connectivity index (χ1) is 8.13. The third-order valence-corrected chi connectivity index (χ3v) is 3.58. The summed E-state index contributed by atoms with van der Waals surface area (Å²) in [7, 11) is 0. The van der Waals surface area contributed by atoms with Crippen LogP contribution in [0.25, 0.3) is 0 Å². The zero-order valence-electron chi connectivity index (χ0n) is 9.13. The van der Waals surface area contributed by atoms with E-state index in [1.165, 1.54) is 12.1 Å². The van der Waals surface area contributed by atoms with Crippen molar-refractivity contribution in [3.8, 4) is 0 Å². The fraction of sp³-hybridized carbons (Fsp3) is 0.417. The molecule has 1 aliphatic rings. The van der Waals surface area contributed by atoms with Crippen LogP contribution in [0.5, 0.6) is 0 Å². The van der Waals surface area contributed by atoms with E-state index in [-0.39, 0.29) is 11.5 Å². The summed E-state index contributed by atoms with van der Waals surface area (Å²) in [5, 5.41) is 0.716. The molecule has 0 unspecified atom stereocenters. The number of alkyl halides is 1. The topological polar surface area (TPSA) is 20.3 Å². The van der Waals surface area contributed by atoms with Crippen molar-refractivity contribution >= 4 is 37.8 Å². The zero-order chi connectivity index (χ0) is 12.4. The van der Waals surface area contributed by atoms with Crippen LogP contribution in [0.3, 0.4) is 0 Å². The normalized spacial score (nSPS) is 14.8. The van der Waals surface area contributed by atoms with Gasteiger partial charge in [-0.1, -0.05) is 31.9 Å². The van der Waals surface area contributed by atoms with Gasteiger partial charge in [-0.05, 0) is 31.0 Å². The molecule has 1 saturated carbocycles. The van der Waals surface area contributed by atoms with Crippen molar-refractivity contribution in [2.45, 2.75) is 18.9 Å². The third-order valence-electron chi connectivity index (χ3n) is 2.74. The molecule has 0 atom stereocenters. The highest BCUT2D eigenvalue weighted by Crippen LogP contribution is 2.29. The average molecular weight is 365 g/mol. The lowest BCUT2D eigenvalue weighted by atomic mass is 10.2. The van der Waals surface area contributed by atoms with E-state index in [2.05, 4.69) is 31.9 Å². The predicted molar refractivity (Wildman–Crippen MR) is 72.0 cm³/mol. The van der Waals surface area contributed by atoms with Gasteiger partial charge in [-0.25, -0.2) is 4.39 Å². The Kier molecular flexibility index (Phi) is 4.20. The lowest BCUT2D eigenvalue weighted by Gasteiger charge is -2.21. The third kappa shape index (κ3) is 3.07. The number of nitrogens with zero attached hydrogens (tertiary/aromatic N) is 1. The number of benzene rings is 1. The molecule has 0 heterocycles. The van der Waals surface area contributed by atoms with Crippen LogP contribution in [0.15, 0.2) is 22.7 Å². The maximum Gasteiger partial charge on any atom is 0.257 e. The molecule has 1 aromatic rings. The van der Waals surface area contributed by atoms with E-state index in [0.717, 1.165) is 12.8 Å². The smallest absolute Gasteiger partial charge is 0.257 e. The number of rotatable bonds is 4.